The third-order valence-electron chi connectivity index (χ3n) is 5.14. The Labute approximate surface area is 127 Å². The molecule has 2 aliphatic rings. The maximum absolute atomic E-state index is 6.14. The molecular formula is C18H27NO2. The first-order valence-corrected chi connectivity index (χ1v) is 8.17. The number of hydrogen-bond acceptors (Lipinski definition) is 3. The quantitative estimate of drug-likeness (QED) is 0.905. The van der Waals surface area contributed by atoms with Crippen LogP contribution in [0.5, 0.6) is 5.75 Å². The highest BCUT2D eigenvalue weighted by Crippen LogP contribution is 2.39. The highest BCUT2D eigenvalue weighted by Gasteiger charge is 2.35. The Morgan fingerprint density at radius 3 is 2.57 bits per heavy atom. The van der Waals surface area contributed by atoms with E-state index in [4.69, 9.17) is 15.2 Å². The van der Waals surface area contributed by atoms with E-state index in [9.17, 15) is 0 Å². The van der Waals surface area contributed by atoms with Crippen molar-refractivity contribution in [3.63, 3.8) is 0 Å². The lowest BCUT2D eigenvalue weighted by atomic mass is 9.69. The first-order chi connectivity index (χ1) is 10.2. The lowest BCUT2D eigenvalue weighted by molar-refractivity contribution is -0.120. The standard InChI is InChI=1S/C18H27NO2/c1-17(12-20-13-17)14-21-16-7-5-6-15(10-16)18(11-19)8-3-2-4-9-18/h5-7,10H,2-4,8-9,11-14,19H2,1H3. The molecule has 1 heterocycles. The number of ether oxygens (including phenoxy) is 2. The summed E-state index contributed by atoms with van der Waals surface area (Å²) in [5.41, 5.74) is 7.85. The second kappa shape index (κ2) is 5.98. The summed E-state index contributed by atoms with van der Waals surface area (Å²) in [6, 6.07) is 8.59. The Hall–Kier alpha value is -1.06. The average molecular weight is 289 g/mol. The van der Waals surface area contributed by atoms with Crippen molar-refractivity contribution in [2.45, 2.75) is 44.4 Å². The van der Waals surface area contributed by atoms with E-state index in [1.807, 2.05) is 0 Å². The Morgan fingerprint density at radius 2 is 1.95 bits per heavy atom. The van der Waals surface area contributed by atoms with Crippen LogP contribution in [0.3, 0.4) is 0 Å². The van der Waals surface area contributed by atoms with E-state index >= 15 is 0 Å². The topological polar surface area (TPSA) is 44.5 Å². The summed E-state index contributed by atoms with van der Waals surface area (Å²) in [5, 5.41) is 0. The van der Waals surface area contributed by atoms with Gasteiger partial charge in [-0.3, -0.25) is 0 Å². The number of rotatable bonds is 5. The molecule has 1 aliphatic heterocycles. The van der Waals surface area contributed by atoms with Crippen molar-refractivity contribution in [2.24, 2.45) is 11.1 Å². The first-order valence-electron chi connectivity index (χ1n) is 8.17. The monoisotopic (exact) mass is 289 g/mol. The van der Waals surface area contributed by atoms with Crippen LogP contribution >= 0.6 is 0 Å². The van der Waals surface area contributed by atoms with E-state index in [1.165, 1.54) is 37.7 Å². The fraction of sp³-hybridized carbons (Fsp3) is 0.667. The fourth-order valence-corrected chi connectivity index (χ4v) is 3.55. The van der Waals surface area contributed by atoms with Crippen LogP contribution in [0.15, 0.2) is 24.3 Å². The molecule has 3 heteroatoms. The minimum absolute atomic E-state index is 0.168. The highest BCUT2D eigenvalue weighted by atomic mass is 16.5. The molecule has 0 unspecified atom stereocenters. The van der Waals surface area contributed by atoms with Crippen molar-refractivity contribution in [2.75, 3.05) is 26.4 Å². The summed E-state index contributed by atoms with van der Waals surface area (Å²) >= 11 is 0. The minimum atomic E-state index is 0.168. The van der Waals surface area contributed by atoms with E-state index < -0.39 is 0 Å². The van der Waals surface area contributed by atoms with Crippen molar-refractivity contribution in [3.8, 4) is 5.75 Å². The van der Waals surface area contributed by atoms with Crippen LogP contribution in [0, 0.1) is 5.41 Å². The molecule has 1 aliphatic carbocycles. The predicted octanol–water partition coefficient (Wildman–Crippen LogP) is 3.26. The van der Waals surface area contributed by atoms with Gasteiger partial charge < -0.3 is 15.2 Å². The van der Waals surface area contributed by atoms with Gasteiger partial charge in [-0.25, -0.2) is 0 Å². The number of benzene rings is 1. The molecule has 3 nitrogen and oxygen atoms in total. The van der Waals surface area contributed by atoms with Gasteiger partial charge in [-0.2, -0.15) is 0 Å². The number of nitrogens with two attached hydrogens (primary N) is 1. The summed E-state index contributed by atoms with van der Waals surface area (Å²) in [5.74, 6) is 0.971. The lowest BCUT2D eigenvalue weighted by Gasteiger charge is -2.38. The predicted molar refractivity (Wildman–Crippen MR) is 84.7 cm³/mol. The second-order valence-electron chi connectivity index (χ2n) is 7.17. The molecular weight excluding hydrogens is 262 g/mol. The largest absolute Gasteiger partial charge is 0.493 e. The Kier molecular flexibility index (Phi) is 4.23. The normalized spacial score (nSPS) is 23.3. The van der Waals surface area contributed by atoms with Gasteiger partial charge in [0.15, 0.2) is 0 Å². The van der Waals surface area contributed by atoms with E-state index in [0.29, 0.717) is 0 Å². The molecule has 1 saturated heterocycles. The van der Waals surface area contributed by atoms with Crippen LogP contribution in [0.1, 0.15) is 44.6 Å². The van der Waals surface area contributed by atoms with E-state index in [0.717, 1.165) is 32.1 Å². The molecule has 0 aromatic heterocycles. The third kappa shape index (κ3) is 3.09. The first kappa shape index (κ1) is 14.9. The molecule has 21 heavy (non-hydrogen) atoms. The lowest BCUT2D eigenvalue weighted by Crippen LogP contribution is -2.44. The van der Waals surface area contributed by atoms with E-state index in [2.05, 4.69) is 31.2 Å². The Bertz CT molecular complexity index is 476. The molecule has 0 atom stereocenters. The summed E-state index contributed by atoms with van der Waals surface area (Å²) in [6.07, 6.45) is 6.34. The Morgan fingerprint density at radius 1 is 1.19 bits per heavy atom. The molecule has 3 rings (SSSR count). The van der Waals surface area contributed by atoms with Crippen LogP contribution in [0.2, 0.25) is 0 Å². The van der Waals surface area contributed by atoms with Gasteiger partial charge in [-0.15, -0.1) is 0 Å². The highest BCUT2D eigenvalue weighted by molar-refractivity contribution is 5.35. The summed E-state index contributed by atoms with van der Waals surface area (Å²) in [6.45, 7) is 5.29. The summed E-state index contributed by atoms with van der Waals surface area (Å²) in [4.78, 5) is 0. The van der Waals surface area contributed by atoms with Gasteiger partial charge in [0.25, 0.3) is 0 Å². The molecule has 0 spiro atoms. The van der Waals surface area contributed by atoms with Crippen molar-refractivity contribution in [1.82, 2.24) is 0 Å². The van der Waals surface area contributed by atoms with Gasteiger partial charge in [0.2, 0.25) is 0 Å². The fourth-order valence-electron chi connectivity index (χ4n) is 3.55. The van der Waals surface area contributed by atoms with Gasteiger partial charge in [0, 0.05) is 17.4 Å². The SMILES string of the molecule is CC1(COc2cccc(C3(CN)CCCCC3)c2)COC1. The smallest absolute Gasteiger partial charge is 0.119 e. The van der Waals surface area contributed by atoms with Crippen LogP contribution in [-0.2, 0) is 10.2 Å². The molecule has 116 valence electrons. The maximum atomic E-state index is 6.14. The molecule has 0 bridgehead atoms. The summed E-state index contributed by atoms with van der Waals surface area (Å²) < 4.78 is 11.3. The van der Waals surface area contributed by atoms with Crippen molar-refractivity contribution >= 4 is 0 Å². The second-order valence-corrected chi connectivity index (χ2v) is 7.17. The maximum Gasteiger partial charge on any atom is 0.119 e. The van der Waals surface area contributed by atoms with Gasteiger partial charge >= 0.3 is 0 Å². The minimum Gasteiger partial charge on any atom is -0.493 e. The van der Waals surface area contributed by atoms with Crippen molar-refractivity contribution in [1.29, 1.82) is 0 Å². The third-order valence-corrected chi connectivity index (χ3v) is 5.14. The van der Waals surface area contributed by atoms with Crippen LogP contribution in [-0.4, -0.2) is 26.4 Å². The van der Waals surface area contributed by atoms with Crippen LogP contribution < -0.4 is 10.5 Å². The van der Waals surface area contributed by atoms with Gasteiger partial charge in [-0.05, 0) is 30.5 Å². The van der Waals surface area contributed by atoms with Crippen LogP contribution in [0.4, 0.5) is 0 Å². The Balaban J connectivity index is 1.72. The molecule has 1 aromatic carbocycles. The molecule has 1 saturated carbocycles. The van der Waals surface area contributed by atoms with Crippen molar-refractivity contribution < 1.29 is 9.47 Å². The molecule has 0 radical (unpaired) electrons. The zero-order valence-corrected chi connectivity index (χ0v) is 13.1. The van der Waals surface area contributed by atoms with Crippen molar-refractivity contribution in [3.05, 3.63) is 29.8 Å². The average Bonchev–Trinajstić information content (AvgIpc) is 2.52. The molecule has 1 aromatic rings. The molecule has 0 amide bonds. The molecule has 2 fully saturated rings. The van der Waals surface area contributed by atoms with Gasteiger partial charge in [-0.1, -0.05) is 38.3 Å². The van der Waals surface area contributed by atoms with Gasteiger partial charge in [0.05, 0.1) is 19.8 Å². The summed E-state index contributed by atoms with van der Waals surface area (Å²) in [7, 11) is 0. The van der Waals surface area contributed by atoms with E-state index in [1.54, 1.807) is 0 Å². The van der Waals surface area contributed by atoms with E-state index in [-0.39, 0.29) is 10.8 Å². The molecule has 2 N–H and O–H groups in total. The zero-order valence-electron chi connectivity index (χ0n) is 13.1. The number of hydrogen-bond donors (Lipinski definition) is 1. The zero-order chi connectivity index (χ0) is 14.8. The van der Waals surface area contributed by atoms with Crippen LogP contribution in [0.25, 0.3) is 0 Å². The van der Waals surface area contributed by atoms with Gasteiger partial charge in [0.1, 0.15) is 5.75 Å².